The lowest BCUT2D eigenvalue weighted by Crippen LogP contribution is -2.45. The molecule has 2 atom stereocenters. The minimum absolute atomic E-state index is 0.0416. The number of ether oxygens (including phenoxy) is 1. The topological polar surface area (TPSA) is 58.3 Å². The molecule has 1 aliphatic rings. The molecule has 0 aliphatic carbocycles. The summed E-state index contributed by atoms with van der Waals surface area (Å²) in [6, 6.07) is 22.0. The quantitative estimate of drug-likeness (QED) is 0.388. The first-order chi connectivity index (χ1) is 16.9. The zero-order valence-corrected chi connectivity index (χ0v) is 20.6. The van der Waals surface area contributed by atoms with Crippen molar-refractivity contribution in [3.8, 4) is 22.9 Å². The predicted octanol–water partition coefficient (Wildman–Crippen LogP) is 5.76. The van der Waals surface area contributed by atoms with Crippen molar-refractivity contribution >= 4 is 16.5 Å². The van der Waals surface area contributed by atoms with E-state index in [2.05, 4.69) is 36.9 Å². The first-order valence-electron chi connectivity index (χ1n) is 12.0. The number of nitrogens with zero attached hydrogens (tertiary/aromatic N) is 3. The number of hydrogen-bond donors (Lipinski definition) is 0. The summed E-state index contributed by atoms with van der Waals surface area (Å²) in [4.78, 5) is 16.0. The Bertz CT molecular complexity index is 1500. The third kappa shape index (κ3) is 4.22. The normalized spacial score (nSPS) is 18.0. The number of rotatable bonds is 3. The van der Waals surface area contributed by atoms with Crippen molar-refractivity contribution in [2.24, 2.45) is 0 Å². The number of aromatic nitrogens is 1. The molecule has 5 nitrogen and oxygen atoms in total. The van der Waals surface area contributed by atoms with Crippen molar-refractivity contribution in [1.29, 1.82) is 5.26 Å². The van der Waals surface area contributed by atoms with Crippen LogP contribution in [0.15, 0.2) is 71.7 Å². The fourth-order valence-electron chi connectivity index (χ4n) is 5.27. The molecule has 0 bridgehead atoms. The SMILES string of the molecule is Cc1cc(C#N)ccc1-c1cccc2c(=O)n(-c3ccc(N4CC(C)OC(C)C4)cc3)cc(C)c12. The van der Waals surface area contributed by atoms with E-state index in [4.69, 9.17) is 4.74 Å². The maximum atomic E-state index is 13.6. The van der Waals surface area contributed by atoms with Crippen molar-refractivity contribution in [3.05, 3.63) is 93.9 Å². The average molecular weight is 464 g/mol. The van der Waals surface area contributed by atoms with Crippen molar-refractivity contribution in [2.45, 2.75) is 39.9 Å². The second-order valence-electron chi connectivity index (χ2n) is 9.54. The van der Waals surface area contributed by atoms with E-state index in [0.717, 1.165) is 52.1 Å². The summed E-state index contributed by atoms with van der Waals surface area (Å²) in [7, 11) is 0. The zero-order chi connectivity index (χ0) is 24.7. The Morgan fingerprint density at radius 1 is 0.886 bits per heavy atom. The summed E-state index contributed by atoms with van der Waals surface area (Å²) in [5.41, 5.74) is 6.67. The number of benzene rings is 3. The summed E-state index contributed by atoms with van der Waals surface area (Å²) in [6.45, 7) is 9.96. The second kappa shape index (κ2) is 9.05. The number of morpholine rings is 1. The van der Waals surface area contributed by atoms with Crippen molar-refractivity contribution in [3.63, 3.8) is 0 Å². The third-order valence-corrected chi connectivity index (χ3v) is 6.79. The monoisotopic (exact) mass is 463 g/mol. The molecule has 5 rings (SSSR count). The molecule has 0 N–H and O–H groups in total. The predicted molar refractivity (Wildman–Crippen MR) is 141 cm³/mol. The molecular weight excluding hydrogens is 434 g/mol. The number of anilines is 1. The van der Waals surface area contributed by atoms with Crippen LogP contribution in [0, 0.1) is 25.2 Å². The van der Waals surface area contributed by atoms with Crippen molar-refractivity contribution in [2.75, 3.05) is 18.0 Å². The molecule has 4 aromatic rings. The fourth-order valence-corrected chi connectivity index (χ4v) is 5.27. The highest BCUT2D eigenvalue weighted by atomic mass is 16.5. The van der Waals surface area contributed by atoms with E-state index in [1.54, 1.807) is 4.57 Å². The van der Waals surface area contributed by atoms with Crippen LogP contribution in [-0.4, -0.2) is 29.9 Å². The van der Waals surface area contributed by atoms with Gasteiger partial charge in [0.2, 0.25) is 0 Å². The molecule has 1 aliphatic heterocycles. The van der Waals surface area contributed by atoms with Gasteiger partial charge < -0.3 is 9.64 Å². The van der Waals surface area contributed by atoms with Crippen molar-refractivity contribution < 1.29 is 4.74 Å². The molecule has 0 radical (unpaired) electrons. The van der Waals surface area contributed by atoms with E-state index in [9.17, 15) is 10.1 Å². The number of pyridine rings is 1. The lowest BCUT2D eigenvalue weighted by atomic mass is 9.93. The molecular formula is C30H29N3O2. The van der Waals surface area contributed by atoms with Crippen LogP contribution in [0.25, 0.3) is 27.6 Å². The van der Waals surface area contributed by atoms with Crippen LogP contribution in [0.2, 0.25) is 0 Å². The van der Waals surface area contributed by atoms with Gasteiger partial charge in [0, 0.05) is 36.0 Å². The molecule has 0 saturated carbocycles. The van der Waals surface area contributed by atoms with Gasteiger partial charge in [-0.2, -0.15) is 5.26 Å². The van der Waals surface area contributed by atoms with E-state index in [-0.39, 0.29) is 17.8 Å². The molecule has 1 saturated heterocycles. The van der Waals surface area contributed by atoms with Crippen LogP contribution in [0.1, 0.15) is 30.5 Å². The highest BCUT2D eigenvalue weighted by Gasteiger charge is 2.22. The Morgan fingerprint density at radius 2 is 1.57 bits per heavy atom. The molecule has 1 aromatic heterocycles. The first kappa shape index (κ1) is 22.9. The van der Waals surface area contributed by atoms with Gasteiger partial charge in [0.05, 0.1) is 23.8 Å². The zero-order valence-electron chi connectivity index (χ0n) is 20.6. The van der Waals surface area contributed by atoms with Crippen LogP contribution in [0.5, 0.6) is 0 Å². The largest absolute Gasteiger partial charge is 0.372 e. The summed E-state index contributed by atoms with van der Waals surface area (Å²) >= 11 is 0. The van der Waals surface area contributed by atoms with Gasteiger partial charge in [0.25, 0.3) is 5.56 Å². The molecule has 176 valence electrons. The Morgan fingerprint density at radius 3 is 2.23 bits per heavy atom. The van der Waals surface area contributed by atoms with Gasteiger partial charge in [-0.25, -0.2) is 0 Å². The Kier molecular flexibility index (Phi) is 5.92. The summed E-state index contributed by atoms with van der Waals surface area (Å²) in [6.07, 6.45) is 2.32. The minimum Gasteiger partial charge on any atom is -0.372 e. The molecule has 3 aromatic carbocycles. The van der Waals surface area contributed by atoms with Crippen LogP contribution < -0.4 is 10.5 Å². The molecule has 35 heavy (non-hydrogen) atoms. The number of nitriles is 1. The summed E-state index contributed by atoms with van der Waals surface area (Å²) in [5.74, 6) is 0. The van der Waals surface area contributed by atoms with Gasteiger partial charge in [0.15, 0.2) is 0 Å². The average Bonchev–Trinajstić information content (AvgIpc) is 2.85. The van der Waals surface area contributed by atoms with E-state index in [1.165, 1.54) is 0 Å². The minimum atomic E-state index is -0.0416. The number of fused-ring (bicyclic) bond motifs is 1. The van der Waals surface area contributed by atoms with E-state index < -0.39 is 0 Å². The maximum absolute atomic E-state index is 13.6. The Labute approximate surface area is 205 Å². The van der Waals surface area contributed by atoms with Crippen LogP contribution >= 0.6 is 0 Å². The third-order valence-electron chi connectivity index (χ3n) is 6.79. The molecule has 5 heteroatoms. The van der Waals surface area contributed by atoms with Gasteiger partial charge in [-0.15, -0.1) is 0 Å². The summed E-state index contributed by atoms with van der Waals surface area (Å²) < 4.78 is 7.60. The maximum Gasteiger partial charge on any atom is 0.262 e. The van der Waals surface area contributed by atoms with E-state index in [1.807, 2.05) is 68.6 Å². The lowest BCUT2D eigenvalue weighted by molar-refractivity contribution is -0.00521. The Hall–Kier alpha value is -3.88. The van der Waals surface area contributed by atoms with Gasteiger partial charge >= 0.3 is 0 Å². The standard InChI is InChI=1S/C30H29N3O2/c1-19-14-23(15-31)8-13-26(19)27-6-5-7-28-29(27)20(2)16-33(30(28)34)25-11-9-24(10-12-25)32-17-21(3)35-22(4)18-32/h5-14,16,21-22H,17-18H2,1-4H3. The number of hydrogen-bond acceptors (Lipinski definition) is 4. The Balaban J connectivity index is 1.57. The van der Waals surface area contributed by atoms with Crippen LogP contribution in [-0.2, 0) is 4.74 Å². The molecule has 2 unspecified atom stereocenters. The van der Waals surface area contributed by atoms with Gasteiger partial charge in [-0.1, -0.05) is 18.2 Å². The second-order valence-corrected chi connectivity index (χ2v) is 9.54. The summed E-state index contributed by atoms with van der Waals surface area (Å²) in [5, 5.41) is 10.9. The van der Waals surface area contributed by atoms with E-state index in [0.29, 0.717) is 10.9 Å². The molecule has 1 fully saturated rings. The molecule has 0 spiro atoms. The lowest BCUT2D eigenvalue weighted by Gasteiger charge is -2.36. The van der Waals surface area contributed by atoms with E-state index >= 15 is 0 Å². The van der Waals surface area contributed by atoms with Crippen LogP contribution in [0.3, 0.4) is 0 Å². The smallest absolute Gasteiger partial charge is 0.262 e. The van der Waals surface area contributed by atoms with Gasteiger partial charge in [-0.3, -0.25) is 9.36 Å². The van der Waals surface area contributed by atoms with Crippen molar-refractivity contribution in [1.82, 2.24) is 4.57 Å². The number of aryl methyl sites for hydroxylation is 2. The highest BCUT2D eigenvalue weighted by molar-refractivity contribution is 5.99. The molecule has 2 heterocycles. The highest BCUT2D eigenvalue weighted by Crippen LogP contribution is 2.32. The molecule has 0 amide bonds. The van der Waals surface area contributed by atoms with Crippen LogP contribution in [0.4, 0.5) is 5.69 Å². The fraction of sp³-hybridized carbons (Fsp3) is 0.267. The van der Waals surface area contributed by atoms with Gasteiger partial charge in [0.1, 0.15) is 0 Å². The van der Waals surface area contributed by atoms with Gasteiger partial charge in [-0.05, 0) is 97.8 Å². The first-order valence-corrected chi connectivity index (χ1v) is 12.0.